The number of nitrogens with zero attached hydrogens (tertiary/aromatic N) is 4. The molecule has 3 rings (SSSR count). The lowest BCUT2D eigenvalue weighted by Gasteiger charge is -2.39. The first-order valence-corrected chi connectivity index (χ1v) is 8.94. The first kappa shape index (κ1) is 16.4. The summed E-state index contributed by atoms with van der Waals surface area (Å²) in [6.07, 6.45) is 5.91. The van der Waals surface area contributed by atoms with E-state index in [1.54, 1.807) is 0 Å². The molecule has 1 unspecified atom stereocenters. The van der Waals surface area contributed by atoms with Gasteiger partial charge in [-0.25, -0.2) is 9.97 Å². The molecule has 1 saturated heterocycles. The van der Waals surface area contributed by atoms with Crippen molar-refractivity contribution in [3.63, 3.8) is 0 Å². The minimum atomic E-state index is 0.478. The van der Waals surface area contributed by atoms with Gasteiger partial charge >= 0.3 is 0 Å². The maximum absolute atomic E-state index is 4.41. The van der Waals surface area contributed by atoms with E-state index in [0.717, 1.165) is 36.4 Å². The molecule has 1 atom stereocenters. The molecule has 23 heavy (non-hydrogen) atoms. The first-order chi connectivity index (χ1) is 11.1. The number of benzene rings is 1. The largest absolute Gasteiger partial charge is 0.341 e. The average molecular weight is 375 g/mol. The molecule has 4 nitrogen and oxygen atoms in total. The van der Waals surface area contributed by atoms with Crippen molar-refractivity contribution >= 4 is 21.9 Å². The Bertz CT molecular complexity index is 609. The predicted molar refractivity (Wildman–Crippen MR) is 97.6 cm³/mol. The standard InChI is InChI=1S/C18H23BrN4/c1-14(15-6-4-3-5-7-15)23-10-8-17(9-11-23)22(2)18-20-12-16(19)13-21-18/h3-7,12-14,17H,8-11H2,1-2H3. The number of rotatable bonds is 4. The van der Waals surface area contributed by atoms with Crippen molar-refractivity contribution < 1.29 is 0 Å². The molecule has 1 aromatic carbocycles. The summed E-state index contributed by atoms with van der Waals surface area (Å²) in [5, 5.41) is 0. The van der Waals surface area contributed by atoms with Gasteiger partial charge in [-0.05, 0) is 41.3 Å². The van der Waals surface area contributed by atoms with Gasteiger partial charge in [0, 0.05) is 44.6 Å². The highest BCUT2D eigenvalue weighted by molar-refractivity contribution is 9.10. The Hall–Kier alpha value is -1.46. The second-order valence-electron chi connectivity index (χ2n) is 6.17. The summed E-state index contributed by atoms with van der Waals surface area (Å²) in [6, 6.07) is 11.8. The fourth-order valence-electron chi connectivity index (χ4n) is 3.25. The van der Waals surface area contributed by atoms with Crippen LogP contribution in [0, 0.1) is 0 Å². The van der Waals surface area contributed by atoms with Crippen molar-refractivity contribution in [2.45, 2.75) is 31.8 Å². The highest BCUT2D eigenvalue weighted by Gasteiger charge is 2.26. The highest BCUT2D eigenvalue weighted by Crippen LogP contribution is 2.26. The molecule has 1 aliphatic heterocycles. The maximum atomic E-state index is 4.41. The number of likely N-dealkylation sites (tertiary alicyclic amines) is 1. The molecule has 0 aliphatic carbocycles. The van der Waals surface area contributed by atoms with E-state index < -0.39 is 0 Å². The van der Waals surface area contributed by atoms with Gasteiger partial charge in [0.2, 0.25) is 5.95 Å². The number of hydrogen-bond donors (Lipinski definition) is 0. The normalized spacial score (nSPS) is 17.9. The van der Waals surface area contributed by atoms with Crippen molar-refractivity contribution in [3.8, 4) is 0 Å². The molecule has 0 bridgehead atoms. The van der Waals surface area contributed by atoms with E-state index in [9.17, 15) is 0 Å². The van der Waals surface area contributed by atoms with E-state index in [-0.39, 0.29) is 0 Å². The molecular formula is C18H23BrN4. The van der Waals surface area contributed by atoms with Gasteiger partial charge in [-0.1, -0.05) is 30.3 Å². The Labute approximate surface area is 146 Å². The van der Waals surface area contributed by atoms with Crippen molar-refractivity contribution in [2.24, 2.45) is 0 Å². The lowest BCUT2D eigenvalue weighted by Crippen LogP contribution is -2.44. The van der Waals surface area contributed by atoms with Crippen LogP contribution >= 0.6 is 15.9 Å². The number of halogens is 1. The average Bonchev–Trinajstić information content (AvgIpc) is 2.62. The summed E-state index contributed by atoms with van der Waals surface area (Å²) in [5.41, 5.74) is 1.40. The van der Waals surface area contributed by atoms with Crippen LogP contribution in [-0.2, 0) is 0 Å². The van der Waals surface area contributed by atoms with E-state index in [0.29, 0.717) is 12.1 Å². The van der Waals surface area contributed by atoms with Crippen molar-refractivity contribution in [3.05, 3.63) is 52.8 Å². The quantitative estimate of drug-likeness (QED) is 0.811. The lowest BCUT2D eigenvalue weighted by atomic mass is 9.99. The van der Waals surface area contributed by atoms with Crippen molar-refractivity contribution in [2.75, 3.05) is 25.0 Å². The van der Waals surface area contributed by atoms with E-state index in [4.69, 9.17) is 0 Å². The van der Waals surface area contributed by atoms with Crippen LogP contribution in [0.5, 0.6) is 0 Å². The zero-order valence-corrected chi connectivity index (χ0v) is 15.3. The molecule has 0 N–H and O–H groups in total. The topological polar surface area (TPSA) is 32.3 Å². The Morgan fingerprint density at radius 3 is 2.35 bits per heavy atom. The Morgan fingerprint density at radius 2 is 1.74 bits per heavy atom. The minimum Gasteiger partial charge on any atom is -0.341 e. The van der Waals surface area contributed by atoms with Crippen LogP contribution < -0.4 is 4.90 Å². The summed E-state index contributed by atoms with van der Waals surface area (Å²) in [6.45, 7) is 4.53. The molecule has 2 heterocycles. The van der Waals surface area contributed by atoms with Crippen LogP contribution in [0.4, 0.5) is 5.95 Å². The molecule has 0 spiro atoms. The second kappa shape index (κ2) is 7.41. The molecule has 0 amide bonds. The maximum Gasteiger partial charge on any atom is 0.225 e. The number of piperidine rings is 1. The van der Waals surface area contributed by atoms with Crippen molar-refractivity contribution in [1.82, 2.24) is 14.9 Å². The van der Waals surface area contributed by atoms with Gasteiger partial charge in [0.25, 0.3) is 0 Å². The fraction of sp³-hybridized carbons (Fsp3) is 0.444. The fourth-order valence-corrected chi connectivity index (χ4v) is 3.46. The molecule has 122 valence electrons. The van der Waals surface area contributed by atoms with Crippen LogP contribution in [0.3, 0.4) is 0 Å². The van der Waals surface area contributed by atoms with Gasteiger partial charge in [-0.15, -0.1) is 0 Å². The van der Waals surface area contributed by atoms with Crippen LogP contribution in [0.15, 0.2) is 47.2 Å². The SMILES string of the molecule is CC(c1ccccc1)N1CCC(N(C)c2ncc(Br)cn2)CC1. The van der Waals surface area contributed by atoms with E-state index >= 15 is 0 Å². The van der Waals surface area contributed by atoms with Crippen LogP contribution in [0.25, 0.3) is 0 Å². The molecule has 0 saturated carbocycles. The third-order valence-corrected chi connectivity index (χ3v) is 5.21. The monoisotopic (exact) mass is 374 g/mol. The second-order valence-corrected chi connectivity index (χ2v) is 7.08. The number of aromatic nitrogens is 2. The molecule has 1 aliphatic rings. The summed E-state index contributed by atoms with van der Waals surface area (Å²) in [7, 11) is 2.10. The van der Waals surface area contributed by atoms with Crippen LogP contribution in [-0.4, -0.2) is 41.0 Å². The molecule has 2 aromatic rings. The smallest absolute Gasteiger partial charge is 0.225 e. The predicted octanol–water partition coefficient (Wildman–Crippen LogP) is 3.90. The molecule has 5 heteroatoms. The third kappa shape index (κ3) is 3.90. The summed E-state index contributed by atoms with van der Waals surface area (Å²) in [5.74, 6) is 0.808. The van der Waals surface area contributed by atoms with E-state index in [1.165, 1.54) is 5.56 Å². The zero-order chi connectivity index (χ0) is 16.2. The van der Waals surface area contributed by atoms with Crippen LogP contribution in [0.2, 0.25) is 0 Å². The molecule has 1 fully saturated rings. The van der Waals surface area contributed by atoms with Gasteiger partial charge < -0.3 is 4.90 Å². The van der Waals surface area contributed by atoms with Gasteiger partial charge in [0.15, 0.2) is 0 Å². The van der Waals surface area contributed by atoms with Gasteiger partial charge in [0.05, 0.1) is 4.47 Å². The van der Waals surface area contributed by atoms with E-state index in [2.05, 4.69) is 80.0 Å². The van der Waals surface area contributed by atoms with Crippen molar-refractivity contribution in [1.29, 1.82) is 0 Å². The molecule has 0 radical (unpaired) electrons. The summed E-state index contributed by atoms with van der Waals surface area (Å²) in [4.78, 5) is 13.6. The van der Waals surface area contributed by atoms with Crippen LogP contribution in [0.1, 0.15) is 31.4 Å². The summed E-state index contributed by atoms with van der Waals surface area (Å²) >= 11 is 3.39. The molecular weight excluding hydrogens is 352 g/mol. The van der Waals surface area contributed by atoms with Gasteiger partial charge in [0.1, 0.15) is 0 Å². The first-order valence-electron chi connectivity index (χ1n) is 8.14. The Balaban J connectivity index is 1.59. The molecule has 1 aromatic heterocycles. The van der Waals surface area contributed by atoms with Gasteiger partial charge in [-0.3, -0.25) is 4.90 Å². The number of hydrogen-bond acceptors (Lipinski definition) is 4. The Morgan fingerprint density at radius 1 is 1.13 bits per heavy atom. The minimum absolute atomic E-state index is 0.478. The number of anilines is 1. The van der Waals surface area contributed by atoms with E-state index in [1.807, 2.05) is 12.4 Å². The third-order valence-electron chi connectivity index (χ3n) is 4.80. The lowest BCUT2D eigenvalue weighted by molar-refractivity contribution is 0.161. The summed E-state index contributed by atoms with van der Waals surface area (Å²) < 4.78 is 0.918. The van der Waals surface area contributed by atoms with Gasteiger partial charge in [-0.2, -0.15) is 0 Å². The highest BCUT2D eigenvalue weighted by atomic mass is 79.9. The Kier molecular flexibility index (Phi) is 5.28. The zero-order valence-electron chi connectivity index (χ0n) is 13.7.